The molecule has 1 saturated heterocycles. The van der Waals surface area contributed by atoms with Crippen molar-refractivity contribution in [2.24, 2.45) is 0 Å². The normalized spacial score (nSPS) is 21.8. The van der Waals surface area contributed by atoms with Crippen molar-refractivity contribution in [2.75, 3.05) is 6.61 Å². The zero-order valence-electron chi connectivity index (χ0n) is 27.3. The Labute approximate surface area is 299 Å². The molecule has 49 heavy (non-hydrogen) atoms. The van der Waals surface area contributed by atoms with E-state index < -0.39 is 21.2 Å². The van der Waals surface area contributed by atoms with Gasteiger partial charge in [-0.05, 0) is 0 Å². The Morgan fingerprint density at radius 3 is 2.12 bits per heavy atom. The molecular formula is C43H40IO5-. The summed E-state index contributed by atoms with van der Waals surface area (Å²) in [4.78, 5) is 13.8. The van der Waals surface area contributed by atoms with Gasteiger partial charge in [-0.3, -0.25) is 0 Å². The third kappa shape index (κ3) is 8.82. The van der Waals surface area contributed by atoms with Gasteiger partial charge in [0.05, 0.1) is 0 Å². The van der Waals surface area contributed by atoms with Crippen molar-refractivity contribution in [1.82, 2.24) is 0 Å². The first kappa shape index (κ1) is 33.6. The molecule has 0 amide bonds. The molecule has 0 bridgehead atoms. The summed E-state index contributed by atoms with van der Waals surface area (Å²) in [5.41, 5.74) is 8.29. The molecule has 7 rings (SSSR count). The van der Waals surface area contributed by atoms with Crippen molar-refractivity contribution in [3.63, 3.8) is 0 Å². The second kappa shape index (κ2) is 16.7. The van der Waals surface area contributed by atoms with E-state index in [1.165, 1.54) is 11.1 Å². The van der Waals surface area contributed by atoms with Crippen LogP contribution < -0.4 is 21.2 Å². The Balaban J connectivity index is 1.13. The first-order valence-electron chi connectivity index (χ1n) is 16.8. The van der Waals surface area contributed by atoms with Crippen molar-refractivity contribution < 1.29 is 44.9 Å². The SMILES string of the molecule is O=C(C1=CC2=C(C=CC=CC2)C1)c1cccc(C2OC(COCc3ccccc3)[C@@H](OCc3ccccc3)C(OCc3ccccc3)[I-]2)c1. The van der Waals surface area contributed by atoms with Crippen LogP contribution in [-0.2, 0) is 38.8 Å². The van der Waals surface area contributed by atoms with Crippen LogP contribution >= 0.6 is 0 Å². The molecule has 2 aliphatic carbocycles. The van der Waals surface area contributed by atoms with Crippen LogP contribution in [-0.4, -0.2) is 28.7 Å². The van der Waals surface area contributed by atoms with Crippen LogP contribution in [0.25, 0.3) is 0 Å². The molecule has 3 unspecified atom stereocenters. The Hall–Kier alpha value is -3.92. The van der Waals surface area contributed by atoms with Gasteiger partial charge in [-0.1, -0.05) is 0 Å². The fourth-order valence-corrected chi connectivity index (χ4v) is 9.68. The number of rotatable bonds is 13. The minimum atomic E-state index is -0.739. The molecule has 5 nitrogen and oxygen atoms in total. The summed E-state index contributed by atoms with van der Waals surface area (Å²) in [7, 11) is 0. The Bertz CT molecular complexity index is 1830. The van der Waals surface area contributed by atoms with E-state index in [9.17, 15) is 4.79 Å². The van der Waals surface area contributed by atoms with Crippen molar-refractivity contribution in [3.8, 4) is 0 Å². The van der Waals surface area contributed by atoms with Crippen LogP contribution in [0, 0.1) is 0 Å². The molecular weight excluding hydrogens is 723 g/mol. The van der Waals surface area contributed by atoms with Crippen molar-refractivity contribution in [3.05, 3.63) is 190 Å². The Kier molecular flexibility index (Phi) is 11.4. The summed E-state index contributed by atoms with van der Waals surface area (Å²) in [5, 5.41) is 0. The molecule has 0 aromatic heterocycles. The van der Waals surface area contributed by atoms with Crippen molar-refractivity contribution >= 4 is 5.78 Å². The predicted octanol–water partition coefficient (Wildman–Crippen LogP) is 5.84. The number of carbonyl (C=O) groups is 1. The number of ether oxygens (including phenoxy) is 4. The summed E-state index contributed by atoms with van der Waals surface area (Å²) >= 11 is -0.739. The zero-order valence-corrected chi connectivity index (χ0v) is 29.5. The fraction of sp³-hybridized carbons (Fsp3) is 0.233. The molecule has 0 N–H and O–H groups in total. The monoisotopic (exact) mass is 763 g/mol. The Morgan fingerprint density at radius 2 is 1.41 bits per heavy atom. The van der Waals surface area contributed by atoms with Crippen LogP contribution in [0.3, 0.4) is 0 Å². The molecule has 0 radical (unpaired) electrons. The standard InChI is InChI=1S/C43H40IO5/c45-40(38-24-34-20-11-4-12-21-35(34)25-38)36-22-13-23-37(26-36)42-44-43(48-29-33-18-9-3-10-19-33)41(47-28-32-16-7-2-8-17-32)39(49-42)30-46-27-31-14-5-1-6-15-31/h1-20,22-23,25-26,39,41-43H,21,24,27-30H2/q-1/t39?,41-,42?,43?/m1/s1. The van der Waals surface area contributed by atoms with E-state index in [4.69, 9.17) is 18.9 Å². The molecule has 250 valence electrons. The number of hydrogen-bond acceptors (Lipinski definition) is 5. The van der Waals surface area contributed by atoms with Crippen molar-refractivity contribution in [1.29, 1.82) is 0 Å². The van der Waals surface area contributed by atoms with Crippen LogP contribution in [0.15, 0.2) is 162 Å². The van der Waals surface area contributed by atoms with Gasteiger partial charge in [0.25, 0.3) is 0 Å². The maximum atomic E-state index is 13.8. The van der Waals surface area contributed by atoms with E-state index in [0.29, 0.717) is 38.4 Å². The third-order valence-corrected chi connectivity index (χ3v) is 12.3. The van der Waals surface area contributed by atoms with E-state index in [0.717, 1.165) is 34.2 Å². The molecule has 0 saturated carbocycles. The second-order valence-electron chi connectivity index (χ2n) is 12.4. The first-order valence-corrected chi connectivity index (χ1v) is 19.3. The number of alkyl halides is 2. The number of hydrogen-bond donors (Lipinski definition) is 0. The second-order valence-corrected chi connectivity index (χ2v) is 15.4. The number of carbonyl (C=O) groups excluding carboxylic acids is 1. The molecule has 1 heterocycles. The van der Waals surface area contributed by atoms with Crippen LogP contribution in [0.2, 0.25) is 0 Å². The van der Waals surface area contributed by atoms with Crippen LogP contribution in [0.5, 0.6) is 0 Å². The summed E-state index contributed by atoms with van der Waals surface area (Å²) in [5.74, 6) is 0.0741. The van der Waals surface area contributed by atoms with E-state index in [2.05, 4.69) is 72.8 Å². The topological polar surface area (TPSA) is 54.0 Å². The molecule has 4 atom stereocenters. The van der Waals surface area contributed by atoms with Gasteiger partial charge in [-0.2, -0.15) is 0 Å². The number of halogens is 1. The number of ketones is 1. The molecule has 3 aliphatic rings. The quantitative estimate of drug-likeness (QED) is 0.0974. The molecule has 4 aromatic rings. The fourth-order valence-electron chi connectivity index (χ4n) is 6.22. The van der Waals surface area contributed by atoms with Gasteiger partial charge in [-0.25, -0.2) is 0 Å². The third-order valence-electron chi connectivity index (χ3n) is 8.82. The molecule has 4 aromatic carbocycles. The van der Waals surface area contributed by atoms with Gasteiger partial charge in [0.2, 0.25) is 0 Å². The van der Waals surface area contributed by atoms with Gasteiger partial charge in [0.1, 0.15) is 0 Å². The molecule has 6 heteroatoms. The summed E-state index contributed by atoms with van der Waals surface area (Å²) in [6.07, 6.45) is 11.3. The molecule has 0 spiro atoms. The van der Waals surface area contributed by atoms with E-state index in [1.54, 1.807) is 0 Å². The predicted molar refractivity (Wildman–Crippen MR) is 187 cm³/mol. The summed E-state index contributed by atoms with van der Waals surface area (Å²) in [6.45, 7) is 1.76. The van der Waals surface area contributed by atoms with Gasteiger partial charge in [0, 0.05) is 0 Å². The van der Waals surface area contributed by atoms with Gasteiger partial charge >= 0.3 is 301 Å². The van der Waals surface area contributed by atoms with Gasteiger partial charge < -0.3 is 0 Å². The van der Waals surface area contributed by atoms with Crippen LogP contribution in [0.4, 0.5) is 0 Å². The number of Topliss-reactive ketones (excluding diaryl/α,β-unsaturated/α-hetero) is 1. The van der Waals surface area contributed by atoms with E-state index >= 15 is 0 Å². The molecule has 1 fully saturated rings. The average molecular weight is 764 g/mol. The van der Waals surface area contributed by atoms with Gasteiger partial charge in [0.15, 0.2) is 0 Å². The Morgan fingerprint density at radius 1 is 0.735 bits per heavy atom. The van der Waals surface area contributed by atoms with Crippen molar-refractivity contribution in [2.45, 2.75) is 53.1 Å². The summed E-state index contributed by atoms with van der Waals surface area (Å²) in [6, 6.07) is 38.6. The van der Waals surface area contributed by atoms with E-state index in [-0.39, 0.29) is 26.2 Å². The number of benzene rings is 4. The zero-order chi connectivity index (χ0) is 33.3. The van der Waals surface area contributed by atoms with E-state index in [1.807, 2.05) is 72.8 Å². The maximum absolute atomic E-state index is 13.8. The minimum absolute atomic E-state index is 0.0741. The molecule has 1 aliphatic heterocycles. The number of allylic oxidation sites excluding steroid dienone is 8. The van der Waals surface area contributed by atoms with Crippen LogP contribution in [0.1, 0.15) is 49.6 Å². The first-order chi connectivity index (χ1) is 24.2. The average Bonchev–Trinajstić information content (AvgIpc) is 3.44. The summed E-state index contributed by atoms with van der Waals surface area (Å²) < 4.78 is 26.3. The van der Waals surface area contributed by atoms with Gasteiger partial charge in [-0.15, -0.1) is 0 Å².